The number of ether oxygens (including phenoxy) is 1. The van der Waals surface area contributed by atoms with Crippen molar-refractivity contribution in [2.24, 2.45) is 0 Å². The van der Waals surface area contributed by atoms with Crippen molar-refractivity contribution in [1.82, 2.24) is 15.0 Å². The van der Waals surface area contributed by atoms with Crippen LogP contribution < -0.4 is 21.3 Å². The van der Waals surface area contributed by atoms with Crippen molar-refractivity contribution in [3.8, 4) is 11.5 Å². The number of nitrogens with zero attached hydrogens (tertiary/aromatic N) is 2. The lowest BCUT2D eigenvalue weighted by Crippen LogP contribution is -2.14. The maximum absolute atomic E-state index is 11.7. The summed E-state index contributed by atoms with van der Waals surface area (Å²) in [6, 6.07) is 13.2. The smallest absolute Gasteiger partial charge is 0.435 e. The number of H-pyrrole nitrogens is 1. The summed E-state index contributed by atoms with van der Waals surface area (Å²) < 4.78 is 11.1. The summed E-state index contributed by atoms with van der Waals surface area (Å²) in [4.78, 5) is 22.5. The lowest BCUT2D eigenvalue weighted by molar-refractivity contribution is 0.446. The lowest BCUT2D eigenvalue weighted by atomic mass is 10.1. The van der Waals surface area contributed by atoms with Gasteiger partial charge in [0.25, 0.3) is 5.56 Å². The van der Waals surface area contributed by atoms with Crippen molar-refractivity contribution in [2.45, 2.75) is 0 Å². The Morgan fingerprint density at radius 1 is 1.11 bits per heavy atom. The molecule has 8 nitrogen and oxygen atoms in total. The van der Waals surface area contributed by atoms with Crippen LogP contribution in [-0.4, -0.2) is 29.7 Å². The van der Waals surface area contributed by atoms with Gasteiger partial charge in [0.2, 0.25) is 0 Å². The standard InChI is InChI=1S/C18H15BN5O3/c1-26-19-24-12-6-7-13(11-5-3-2-4-10(11)12)27-14-8-9-21-17-15(14)22-16(20)18(25)23-17/h2-9,24H,1H3,(H2,20,22)(H,21,23,25). The zero-order valence-electron chi connectivity index (χ0n) is 14.4. The van der Waals surface area contributed by atoms with Gasteiger partial charge in [-0.1, -0.05) is 24.3 Å². The van der Waals surface area contributed by atoms with Gasteiger partial charge < -0.3 is 25.3 Å². The minimum Gasteiger partial charge on any atom is -0.454 e. The number of nitrogens with one attached hydrogen (secondary N) is 2. The van der Waals surface area contributed by atoms with E-state index in [2.05, 4.69) is 20.2 Å². The summed E-state index contributed by atoms with van der Waals surface area (Å²) >= 11 is 0. The van der Waals surface area contributed by atoms with Crippen molar-refractivity contribution in [3.63, 3.8) is 0 Å². The fourth-order valence-electron chi connectivity index (χ4n) is 2.79. The number of anilines is 2. The highest BCUT2D eigenvalue weighted by atomic mass is 16.5. The summed E-state index contributed by atoms with van der Waals surface area (Å²) in [5.41, 5.74) is 6.73. The topological polar surface area (TPSA) is 115 Å². The number of pyridine rings is 1. The van der Waals surface area contributed by atoms with E-state index in [0.717, 1.165) is 16.5 Å². The van der Waals surface area contributed by atoms with Gasteiger partial charge in [-0.25, -0.2) is 9.97 Å². The molecule has 0 bridgehead atoms. The predicted octanol–water partition coefficient (Wildman–Crippen LogP) is 2.44. The van der Waals surface area contributed by atoms with E-state index >= 15 is 0 Å². The summed E-state index contributed by atoms with van der Waals surface area (Å²) in [5.74, 6) is 0.935. The molecule has 1 radical (unpaired) electrons. The van der Waals surface area contributed by atoms with E-state index in [1.165, 1.54) is 13.8 Å². The van der Waals surface area contributed by atoms with E-state index in [-0.39, 0.29) is 5.82 Å². The zero-order valence-corrected chi connectivity index (χ0v) is 14.4. The van der Waals surface area contributed by atoms with Gasteiger partial charge in [0.15, 0.2) is 22.7 Å². The molecule has 0 aliphatic carbocycles. The number of benzene rings is 2. The molecule has 4 N–H and O–H groups in total. The van der Waals surface area contributed by atoms with E-state index in [4.69, 9.17) is 15.1 Å². The number of aromatic amines is 1. The Bertz CT molecular complexity index is 1190. The summed E-state index contributed by atoms with van der Waals surface area (Å²) in [6.45, 7) is 0. The number of nitrogens with two attached hydrogens (primary N) is 1. The molecule has 2 heterocycles. The van der Waals surface area contributed by atoms with Crippen molar-refractivity contribution in [3.05, 3.63) is 59.0 Å². The molecule has 0 saturated heterocycles. The predicted molar refractivity (Wildman–Crippen MR) is 105 cm³/mol. The molecule has 133 valence electrons. The molecule has 2 aromatic carbocycles. The number of rotatable bonds is 5. The molecule has 27 heavy (non-hydrogen) atoms. The Labute approximate surface area is 154 Å². The van der Waals surface area contributed by atoms with Crippen LogP contribution in [-0.2, 0) is 4.65 Å². The lowest BCUT2D eigenvalue weighted by Gasteiger charge is -2.13. The van der Waals surface area contributed by atoms with Crippen LogP contribution in [0.4, 0.5) is 11.5 Å². The average molecular weight is 360 g/mol. The Balaban J connectivity index is 1.82. The number of aromatic nitrogens is 3. The van der Waals surface area contributed by atoms with Gasteiger partial charge in [-0.2, -0.15) is 0 Å². The fraction of sp³-hybridized carbons (Fsp3) is 0.0556. The first-order chi connectivity index (χ1) is 13.2. The van der Waals surface area contributed by atoms with Gasteiger partial charge >= 0.3 is 7.62 Å². The fourth-order valence-corrected chi connectivity index (χ4v) is 2.79. The monoisotopic (exact) mass is 360 g/mol. The van der Waals surface area contributed by atoms with Gasteiger partial charge in [-0.3, -0.25) is 4.79 Å². The Kier molecular flexibility index (Phi) is 4.35. The Morgan fingerprint density at radius 2 is 1.93 bits per heavy atom. The molecule has 4 rings (SSSR count). The van der Waals surface area contributed by atoms with Crippen molar-refractivity contribution < 1.29 is 9.39 Å². The van der Waals surface area contributed by atoms with Crippen LogP contribution in [0.5, 0.6) is 11.5 Å². The van der Waals surface area contributed by atoms with Crippen LogP contribution in [0.25, 0.3) is 21.9 Å². The minimum atomic E-state index is -0.484. The molecule has 2 aromatic heterocycles. The van der Waals surface area contributed by atoms with Crippen molar-refractivity contribution in [2.75, 3.05) is 18.1 Å². The summed E-state index contributed by atoms with van der Waals surface area (Å²) in [5, 5.41) is 4.95. The first kappa shape index (κ1) is 16.9. The molecular formula is C18H15BN5O3. The molecule has 0 amide bonds. The Hall–Kier alpha value is -3.59. The van der Waals surface area contributed by atoms with Crippen LogP contribution in [0.2, 0.25) is 0 Å². The van der Waals surface area contributed by atoms with Crippen molar-refractivity contribution >= 4 is 41.1 Å². The molecular weight excluding hydrogens is 345 g/mol. The molecule has 0 atom stereocenters. The van der Waals surface area contributed by atoms with Gasteiger partial charge in [-0.15, -0.1) is 0 Å². The van der Waals surface area contributed by atoms with Crippen LogP contribution in [0.3, 0.4) is 0 Å². The second kappa shape index (κ2) is 6.97. The summed E-state index contributed by atoms with van der Waals surface area (Å²) in [6.07, 6.45) is 1.54. The molecule has 0 spiro atoms. The second-order valence-electron chi connectivity index (χ2n) is 5.71. The van der Waals surface area contributed by atoms with E-state index in [9.17, 15) is 4.79 Å². The maximum atomic E-state index is 11.7. The van der Waals surface area contributed by atoms with Gasteiger partial charge in [0.05, 0.1) is 0 Å². The quantitative estimate of drug-likeness (QED) is 0.468. The van der Waals surface area contributed by atoms with Gasteiger partial charge in [-0.05, 0) is 12.1 Å². The normalized spacial score (nSPS) is 10.9. The molecule has 4 aromatic rings. The number of hydrogen-bond donors (Lipinski definition) is 3. The highest BCUT2D eigenvalue weighted by Gasteiger charge is 2.12. The highest BCUT2D eigenvalue weighted by Crippen LogP contribution is 2.35. The second-order valence-corrected chi connectivity index (χ2v) is 5.71. The van der Waals surface area contributed by atoms with Crippen LogP contribution >= 0.6 is 0 Å². The summed E-state index contributed by atoms with van der Waals surface area (Å²) in [7, 11) is 3.08. The van der Waals surface area contributed by atoms with E-state index in [1.54, 1.807) is 13.2 Å². The van der Waals surface area contributed by atoms with E-state index in [0.29, 0.717) is 22.7 Å². The number of fused-ring (bicyclic) bond motifs is 2. The average Bonchev–Trinajstić information content (AvgIpc) is 2.69. The number of nitrogen functional groups attached to an aromatic ring is 1. The SMILES string of the molecule is CO[B]Nc1ccc(Oc2ccnc3[nH]c(=O)c(N)nc23)c2ccccc12. The molecule has 9 heteroatoms. The molecule has 0 fully saturated rings. The van der Waals surface area contributed by atoms with Crippen molar-refractivity contribution in [1.29, 1.82) is 0 Å². The third-order valence-corrected chi connectivity index (χ3v) is 4.02. The van der Waals surface area contributed by atoms with Gasteiger partial charge in [0, 0.05) is 35.8 Å². The molecule has 0 aliphatic rings. The third-order valence-electron chi connectivity index (χ3n) is 4.02. The molecule has 0 aliphatic heterocycles. The van der Waals surface area contributed by atoms with E-state index in [1.807, 2.05) is 36.4 Å². The van der Waals surface area contributed by atoms with Gasteiger partial charge in [0.1, 0.15) is 5.75 Å². The minimum absolute atomic E-state index is 0.139. The first-order valence-electron chi connectivity index (χ1n) is 8.12. The Morgan fingerprint density at radius 3 is 2.74 bits per heavy atom. The zero-order chi connectivity index (χ0) is 18.8. The first-order valence-corrected chi connectivity index (χ1v) is 8.12. The highest BCUT2D eigenvalue weighted by molar-refractivity contribution is 6.33. The molecule has 0 saturated carbocycles. The third kappa shape index (κ3) is 3.15. The van der Waals surface area contributed by atoms with Crippen LogP contribution in [0.1, 0.15) is 0 Å². The number of hydrogen-bond acceptors (Lipinski definition) is 7. The van der Waals surface area contributed by atoms with Crippen LogP contribution in [0.15, 0.2) is 53.5 Å². The van der Waals surface area contributed by atoms with E-state index < -0.39 is 5.56 Å². The largest absolute Gasteiger partial charge is 0.454 e. The molecule has 0 unspecified atom stereocenters. The maximum Gasteiger partial charge on any atom is 0.435 e. The van der Waals surface area contributed by atoms with Crippen LogP contribution in [0, 0.1) is 0 Å².